The van der Waals surface area contributed by atoms with Crippen LogP contribution in [0.4, 0.5) is 13.2 Å². The van der Waals surface area contributed by atoms with Crippen molar-refractivity contribution >= 4 is 16.9 Å². The van der Waals surface area contributed by atoms with E-state index in [1.165, 1.54) is 13.2 Å². The second-order valence-electron chi connectivity index (χ2n) is 5.41. The molecule has 0 aliphatic carbocycles. The van der Waals surface area contributed by atoms with Crippen LogP contribution < -0.4 is 0 Å². The van der Waals surface area contributed by atoms with Crippen LogP contribution in [0.15, 0.2) is 42.6 Å². The fraction of sp³-hybridized carbons (Fsp3) is 0.167. The monoisotopic (exact) mass is 346 g/mol. The minimum Gasteiger partial charge on any atom is -0.465 e. The van der Waals surface area contributed by atoms with Crippen molar-refractivity contribution in [2.45, 2.75) is 13.1 Å². The molecule has 3 aromatic rings. The smallest absolute Gasteiger partial charge is 0.451 e. The lowest BCUT2D eigenvalue weighted by atomic mass is 9.93. The van der Waals surface area contributed by atoms with Gasteiger partial charge in [-0.05, 0) is 24.1 Å². The normalized spacial score (nSPS) is 11.6. The SMILES string of the molecule is COC(=O)c1cc2cnc(C(F)(F)F)nc2c(-c2ccccc2)c1C. The summed E-state index contributed by atoms with van der Waals surface area (Å²) in [6.07, 6.45) is -3.58. The van der Waals surface area contributed by atoms with Crippen molar-refractivity contribution in [1.29, 1.82) is 0 Å². The second-order valence-corrected chi connectivity index (χ2v) is 5.41. The molecule has 0 N–H and O–H groups in total. The number of esters is 1. The zero-order valence-electron chi connectivity index (χ0n) is 13.4. The van der Waals surface area contributed by atoms with E-state index in [9.17, 15) is 18.0 Å². The van der Waals surface area contributed by atoms with Gasteiger partial charge in [0.2, 0.25) is 5.82 Å². The van der Waals surface area contributed by atoms with E-state index in [2.05, 4.69) is 9.97 Å². The summed E-state index contributed by atoms with van der Waals surface area (Å²) in [6, 6.07) is 10.3. The summed E-state index contributed by atoms with van der Waals surface area (Å²) in [7, 11) is 1.25. The summed E-state index contributed by atoms with van der Waals surface area (Å²) in [5.41, 5.74) is 2.00. The number of fused-ring (bicyclic) bond motifs is 1. The molecule has 0 unspecified atom stereocenters. The first-order chi connectivity index (χ1) is 11.8. The van der Waals surface area contributed by atoms with E-state index in [1.807, 2.05) is 0 Å². The van der Waals surface area contributed by atoms with Gasteiger partial charge < -0.3 is 4.74 Å². The molecular weight excluding hydrogens is 333 g/mol. The van der Waals surface area contributed by atoms with Crippen LogP contribution in [-0.2, 0) is 10.9 Å². The Morgan fingerprint density at radius 2 is 1.84 bits per heavy atom. The predicted octanol–water partition coefficient (Wildman–Crippen LogP) is 4.41. The molecule has 128 valence electrons. The Morgan fingerprint density at radius 1 is 1.16 bits per heavy atom. The first kappa shape index (κ1) is 16.9. The van der Waals surface area contributed by atoms with E-state index in [-0.39, 0.29) is 11.1 Å². The van der Waals surface area contributed by atoms with E-state index < -0.39 is 18.0 Å². The van der Waals surface area contributed by atoms with Gasteiger partial charge in [-0.25, -0.2) is 14.8 Å². The summed E-state index contributed by atoms with van der Waals surface area (Å²) in [5, 5.41) is 0.331. The van der Waals surface area contributed by atoms with Crippen LogP contribution in [0.1, 0.15) is 21.7 Å². The third-order valence-corrected chi connectivity index (χ3v) is 3.85. The highest BCUT2D eigenvalue weighted by molar-refractivity contribution is 6.03. The van der Waals surface area contributed by atoms with Crippen molar-refractivity contribution in [2.75, 3.05) is 7.11 Å². The molecule has 1 heterocycles. The lowest BCUT2D eigenvalue weighted by Crippen LogP contribution is -2.12. The Hall–Kier alpha value is -2.96. The molecule has 0 fully saturated rings. The number of hydrogen-bond acceptors (Lipinski definition) is 4. The number of alkyl halides is 3. The van der Waals surface area contributed by atoms with Crippen molar-refractivity contribution in [3.63, 3.8) is 0 Å². The van der Waals surface area contributed by atoms with Crippen LogP contribution in [0.5, 0.6) is 0 Å². The van der Waals surface area contributed by atoms with Gasteiger partial charge in [0.15, 0.2) is 0 Å². The lowest BCUT2D eigenvalue weighted by molar-refractivity contribution is -0.144. The van der Waals surface area contributed by atoms with E-state index >= 15 is 0 Å². The standard InChI is InChI=1S/C18H13F3N2O2/c1-10-13(16(24)25-2)8-12-9-22-17(18(19,20)21)23-15(12)14(10)11-6-4-3-5-7-11/h3-9H,1-2H3. The van der Waals surface area contributed by atoms with Gasteiger partial charge >= 0.3 is 12.1 Å². The molecule has 0 spiro atoms. The number of ether oxygens (including phenoxy) is 1. The Balaban J connectivity index is 2.41. The van der Waals surface area contributed by atoms with Crippen LogP contribution >= 0.6 is 0 Å². The van der Waals surface area contributed by atoms with Gasteiger partial charge in [-0.2, -0.15) is 13.2 Å². The Kier molecular flexibility index (Phi) is 4.16. The molecule has 0 radical (unpaired) electrons. The third-order valence-electron chi connectivity index (χ3n) is 3.85. The Labute approximate surface area is 141 Å². The molecule has 1 aromatic heterocycles. The summed E-state index contributed by atoms with van der Waals surface area (Å²) >= 11 is 0. The first-order valence-electron chi connectivity index (χ1n) is 7.34. The molecule has 3 rings (SSSR count). The predicted molar refractivity (Wildman–Crippen MR) is 86.1 cm³/mol. The molecule has 0 saturated heterocycles. The summed E-state index contributed by atoms with van der Waals surface area (Å²) < 4.78 is 43.8. The molecule has 0 aliphatic rings. The number of carbonyl (C=O) groups is 1. The number of halogens is 3. The van der Waals surface area contributed by atoms with Gasteiger partial charge in [-0.15, -0.1) is 0 Å². The number of benzene rings is 2. The van der Waals surface area contributed by atoms with Gasteiger partial charge in [0.25, 0.3) is 0 Å². The number of rotatable bonds is 2. The van der Waals surface area contributed by atoms with Crippen LogP contribution in [-0.4, -0.2) is 23.0 Å². The highest BCUT2D eigenvalue weighted by Gasteiger charge is 2.35. The third kappa shape index (κ3) is 3.05. The van der Waals surface area contributed by atoms with Gasteiger partial charge in [0, 0.05) is 17.1 Å². The maximum Gasteiger partial charge on any atom is 0.451 e. The van der Waals surface area contributed by atoms with Gasteiger partial charge in [-0.1, -0.05) is 30.3 Å². The molecule has 7 heteroatoms. The largest absolute Gasteiger partial charge is 0.465 e. The van der Waals surface area contributed by atoms with Crippen molar-refractivity contribution in [2.24, 2.45) is 0 Å². The lowest BCUT2D eigenvalue weighted by Gasteiger charge is -2.15. The molecule has 2 aromatic carbocycles. The summed E-state index contributed by atoms with van der Waals surface area (Å²) in [5.74, 6) is -1.79. The number of hydrogen-bond donors (Lipinski definition) is 0. The van der Waals surface area contributed by atoms with Crippen molar-refractivity contribution < 1.29 is 22.7 Å². The second kappa shape index (κ2) is 6.16. The maximum absolute atomic E-state index is 13.0. The van der Waals surface area contributed by atoms with Crippen molar-refractivity contribution in [3.8, 4) is 11.1 Å². The average molecular weight is 346 g/mol. The van der Waals surface area contributed by atoms with Crippen molar-refractivity contribution in [3.05, 3.63) is 59.5 Å². The maximum atomic E-state index is 13.0. The van der Waals surface area contributed by atoms with Crippen LogP contribution in [0.2, 0.25) is 0 Å². The zero-order valence-corrected chi connectivity index (χ0v) is 13.4. The van der Waals surface area contributed by atoms with Crippen LogP contribution in [0.25, 0.3) is 22.0 Å². The molecule has 0 aliphatic heterocycles. The average Bonchev–Trinajstić information content (AvgIpc) is 2.60. The molecule has 25 heavy (non-hydrogen) atoms. The quantitative estimate of drug-likeness (QED) is 0.645. The molecule has 0 bridgehead atoms. The van der Waals surface area contributed by atoms with Gasteiger partial charge in [0.05, 0.1) is 18.2 Å². The topological polar surface area (TPSA) is 52.1 Å². The molecule has 0 atom stereocenters. The van der Waals surface area contributed by atoms with Crippen molar-refractivity contribution in [1.82, 2.24) is 9.97 Å². The van der Waals surface area contributed by atoms with E-state index in [0.29, 0.717) is 22.1 Å². The molecular formula is C18H13F3N2O2. The highest BCUT2D eigenvalue weighted by atomic mass is 19.4. The van der Waals surface area contributed by atoms with E-state index in [4.69, 9.17) is 4.74 Å². The molecule has 4 nitrogen and oxygen atoms in total. The Bertz CT molecular complexity index is 954. The van der Waals surface area contributed by atoms with E-state index in [0.717, 1.165) is 6.20 Å². The minimum atomic E-state index is -4.66. The van der Waals surface area contributed by atoms with Gasteiger partial charge in [0.1, 0.15) is 0 Å². The number of aromatic nitrogens is 2. The molecule has 0 amide bonds. The first-order valence-corrected chi connectivity index (χ1v) is 7.34. The fourth-order valence-electron chi connectivity index (χ4n) is 2.69. The number of nitrogens with zero attached hydrogens (tertiary/aromatic N) is 2. The summed E-state index contributed by atoms with van der Waals surface area (Å²) in [6.45, 7) is 1.66. The summed E-state index contributed by atoms with van der Waals surface area (Å²) in [4.78, 5) is 19.1. The highest BCUT2D eigenvalue weighted by Crippen LogP contribution is 2.35. The van der Waals surface area contributed by atoms with E-state index in [1.54, 1.807) is 37.3 Å². The number of carbonyl (C=O) groups excluding carboxylic acids is 1. The van der Waals surface area contributed by atoms with Gasteiger partial charge in [-0.3, -0.25) is 0 Å². The Morgan fingerprint density at radius 3 is 2.44 bits per heavy atom. The number of methoxy groups -OCH3 is 1. The fourth-order valence-corrected chi connectivity index (χ4v) is 2.69. The molecule has 0 saturated carbocycles. The van der Waals surface area contributed by atoms with Crippen LogP contribution in [0, 0.1) is 6.92 Å². The van der Waals surface area contributed by atoms with Crippen LogP contribution in [0.3, 0.4) is 0 Å². The zero-order chi connectivity index (χ0) is 18.2. The minimum absolute atomic E-state index is 0.138.